The quantitative estimate of drug-likeness (QED) is 0.276. The molecule has 1 aliphatic rings. The van der Waals surface area contributed by atoms with Crippen LogP contribution < -0.4 is 20.3 Å². The molecule has 33 heavy (non-hydrogen) atoms. The van der Waals surface area contributed by atoms with Crippen molar-refractivity contribution in [2.75, 3.05) is 57.8 Å². The van der Waals surface area contributed by atoms with Crippen LogP contribution in [0.5, 0.6) is 5.75 Å². The van der Waals surface area contributed by atoms with Gasteiger partial charge in [-0.15, -0.1) is 24.0 Å². The van der Waals surface area contributed by atoms with Crippen molar-refractivity contribution in [2.24, 2.45) is 4.99 Å². The molecular weight excluding hydrogens is 531 g/mol. The van der Waals surface area contributed by atoms with Crippen LogP contribution in [0.15, 0.2) is 53.7 Å². The minimum atomic E-state index is 0. The van der Waals surface area contributed by atoms with Crippen LogP contribution in [-0.4, -0.2) is 74.7 Å². The molecule has 0 unspecified atom stereocenters. The number of carbonyl (C=O) groups excluding carboxylic acids is 1. The van der Waals surface area contributed by atoms with Crippen LogP contribution in [0.2, 0.25) is 0 Å². The van der Waals surface area contributed by atoms with Gasteiger partial charge in [0.1, 0.15) is 11.6 Å². The number of para-hydroxylation sites is 1. The summed E-state index contributed by atoms with van der Waals surface area (Å²) < 4.78 is 5.41. The molecule has 0 aliphatic carbocycles. The van der Waals surface area contributed by atoms with Gasteiger partial charge in [-0.1, -0.05) is 24.3 Å². The van der Waals surface area contributed by atoms with Gasteiger partial charge in [-0.25, -0.2) is 4.98 Å². The fourth-order valence-corrected chi connectivity index (χ4v) is 3.71. The number of nitrogens with zero attached hydrogens (tertiary/aromatic N) is 4. The Morgan fingerprint density at radius 2 is 1.85 bits per heavy atom. The number of rotatable bonds is 9. The largest absolute Gasteiger partial charge is 0.496 e. The number of hydrogen-bond donors (Lipinski definition) is 2. The van der Waals surface area contributed by atoms with Gasteiger partial charge in [-0.05, 0) is 37.1 Å². The van der Waals surface area contributed by atoms with Crippen LogP contribution in [0, 0.1) is 0 Å². The zero-order valence-electron chi connectivity index (χ0n) is 19.5. The van der Waals surface area contributed by atoms with E-state index in [2.05, 4.69) is 31.6 Å². The molecule has 180 valence electrons. The summed E-state index contributed by atoms with van der Waals surface area (Å²) in [6.07, 6.45) is 3.04. The molecule has 2 N–H and O–H groups in total. The number of aliphatic imine (C=N–C) groups is 1. The SMILES string of the molecule is CCNC(=NCCC(=O)N1CCN(c2ccccn2)CC1)NCCc1ccccc1OC.I. The second-order valence-electron chi connectivity index (χ2n) is 7.56. The first-order valence-corrected chi connectivity index (χ1v) is 11.3. The minimum Gasteiger partial charge on any atom is -0.496 e. The van der Waals surface area contributed by atoms with E-state index >= 15 is 0 Å². The number of ether oxygens (including phenoxy) is 1. The predicted octanol–water partition coefficient (Wildman–Crippen LogP) is 2.54. The lowest BCUT2D eigenvalue weighted by Gasteiger charge is -2.35. The maximum Gasteiger partial charge on any atom is 0.224 e. The molecule has 3 rings (SSSR count). The van der Waals surface area contributed by atoms with Crippen LogP contribution in [0.3, 0.4) is 0 Å². The van der Waals surface area contributed by atoms with Crippen LogP contribution in [0.1, 0.15) is 18.9 Å². The smallest absolute Gasteiger partial charge is 0.224 e. The van der Waals surface area contributed by atoms with Gasteiger partial charge in [0.05, 0.1) is 13.7 Å². The lowest BCUT2D eigenvalue weighted by Crippen LogP contribution is -2.49. The molecule has 1 saturated heterocycles. The van der Waals surface area contributed by atoms with Crippen molar-refractivity contribution < 1.29 is 9.53 Å². The summed E-state index contributed by atoms with van der Waals surface area (Å²) in [5.41, 5.74) is 1.15. The number of piperazine rings is 1. The molecule has 1 aliphatic heterocycles. The number of hydrogen-bond acceptors (Lipinski definition) is 5. The second-order valence-corrected chi connectivity index (χ2v) is 7.56. The zero-order chi connectivity index (χ0) is 22.6. The van der Waals surface area contributed by atoms with E-state index in [0.717, 1.165) is 68.8 Å². The normalized spacial score (nSPS) is 13.8. The van der Waals surface area contributed by atoms with Crippen molar-refractivity contribution in [3.63, 3.8) is 0 Å². The summed E-state index contributed by atoms with van der Waals surface area (Å²) in [6, 6.07) is 13.9. The molecule has 2 aromatic rings. The van der Waals surface area contributed by atoms with Gasteiger partial charge in [0.25, 0.3) is 0 Å². The number of nitrogens with one attached hydrogen (secondary N) is 2. The van der Waals surface area contributed by atoms with E-state index in [9.17, 15) is 4.79 Å². The Bertz CT molecular complexity index is 872. The van der Waals surface area contributed by atoms with Gasteiger partial charge in [-0.2, -0.15) is 0 Å². The Labute approximate surface area is 213 Å². The van der Waals surface area contributed by atoms with E-state index < -0.39 is 0 Å². The first kappa shape index (κ1) is 26.7. The van der Waals surface area contributed by atoms with E-state index in [1.807, 2.05) is 48.2 Å². The third-order valence-electron chi connectivity index (χ3n) is 5.42. The zero-order valence-corrected chi connectivity index (χ0v) is 21.8. The first-order valence-electron chi connectivity index (χ1n) is 11.3. The fourth-order valence-electron chi connectivity index (χ4n) is 3.71. The van der Waals surface area contributed by atoms with E-state index in [0.29, 0.717) is 13.0 Å². The molecule has 1 aromatic heterocycles. The number of guanidine groups is 1. The third-order valence-corrected chi connectivity index (χ3v) is 5.42. The summed E-state index contributed by atoms with van der Waals surface area (Å²) in [6.45, 7) is 7.04. The lowest BCUT2D eigenvalue weighted by atomic mass is 10.1. The molecule has 0 atom stereocenters. The number of methoxy groups -OCH3 is 1. The Balaban J connectivity index is 0.00000385. The van der Waals surface area contributed by atoms with Gasteiger partial charge in [-0.3, -0.25) is 9.79 Å². The van der Waals surface area contributed by atoms with Gasteiger partial charge in [0, 0.05) is 51.9 Å². The predicted molar refractivity (Wildman–Crippen MR) is 144 cm³/mol. The molecule has 0 bridgehead atoms. The minimum absolute atomic E-state index is 0. The van der Waals surface area contributed by atoms with Crippen LogP contribution >= 0.6 is 24.0 Å². The summed E-state index contributed by atoms with van der Waals surface area (Å²) in [5, 5.41) is 6.59. The number of halogens is 1. The molecule has 1 fully saturated rings. The Morgan fingerprint density at radius 1 is 1.09 bits per heavy atom. The van der Waals surface area contributed by atoms with Gasteiger partial charge < -0.3 is 25.2 Å². The molecule has 0 saturated carbocycles. The maximum absolute atomic E-state index is 12.6. The highest BCUT2D eigenvalue weighted by Crippen LogP contribution is 2.17. The molecule has 0 radical (unpaired) electrons. The highest BCUT2D eigenvalue weighted by molar-refractivity contribution is 14.0. The average molecular weight is 566 g/mol. The van der Waals surface area contributed by atoms with Gasteiger partial charge >= 0.3 is 0 Å². The van der Waals surface area contributed by atoms with Crippen LogP contribution in [0.25, 0.3) is 0 Å². The van der Waals surface area contributed by atoms with E-state index in [1.165, 1.54) is 0 Å². The number of benzene rings is 1. The fraction of sp³-hybridized carbons (Fsp3) is 0.458. The van der Waals surface area contributed by atoms with Gasteiger partial charge in [0.2, 0.25) is 5.91 Å². The average Bonchev–Trinajstić information content (AvgIpc) is 2.85. The third kappa shape index (κ3) is 8.38. The number of aromatic nitrogens is 1. The molecule has 8 nitrogen and oxygen atoms in total. The number of pyridine rings is 1. The Kier molecular flexibility index (Phi) is 11.8. The molecule has 2 heterocycles. The lowest BCUT2D eigenvalue weighted by molar-refractivity contribution is -0.131. The summed E-state index contributed by atoms with van der Waals surface area (Å²) in [4.78, 5) is 25.7. The van der Waals surface area contributed by atoms with Crippen molar-refractivity contribution in [3.8, 4) is 5.75 Å². The second kappa shape index (κ2) is 14.6. The van der Waals surface area contributed by atoms with Crippen molar-refractivity contribution >= 4 is 41.7 Å². The summed E-state index contributed by atoms with van der Waals surface area (Å²) in [5.74, 6) is 2.75. The first-order chi connectivity index (χ1) is 15.7. The van der Waals surface area contributed by atoms with Crippen molar-refractivity contribution in [1.29, 1.82) is 0 Å². The van der Waals surface area contributed by atoms with Crippen LogP contribution in [0.4, 0.5) is 5.82 Å². The Morgan fingerprint density at radius 3 is 2.55 bits per heavy atom. The molecular formula is C24H35IN6O2. The van der Waals surface area contributed by atoms with Crippen molar-refractivity contribution in [1.82, 2.24) is 20.5 Å². The summed E-state index contributed by atoms with van der Waals surface area (Å²) in [7, 11) is 1.69. The molecule has 0 spiro atoms. The van der Waals surface area contributed by atoms with Gasteiger partial charge in [0.15, 0.2) is 5.96 Å². The van der Waals surface area contributed by atoms with E-state index in [1.54, 1.807) is 13.3 Å². The highest BCUT2D eigenvalue weighted by atomic mass is 127. The van der Waals surface area contributed by atoms with Crippen LogP contribution in [-0.2, 0) is 11.2 Å². The van der Waals surface area contributed by atoms with Crippen molar-refractivity contribution in [3.05, 3.63) is 54.2 Å². The highest BCUT2D eigenvalue weighted by Gasteiger charge is 2.21. The topological polar surface area (TPSA) is 82.1 Å². The van der Waals surface area contributed by atoms with Crippen molar-refractivity contribution in [2.45, 2.75) is 19.8 Å². The molecule has 9 heteroatoms. The standard InChI is InChI=1S/C24H34N6O2.HI/c1-3-25-24(27-14-11-20-8-4-5-9-21(20)32-2)28-15-12-23(31)30-18-16-29(17-19-30)22-10-6-7-13-26-22;/h4-10,13H,3,11-12,14-19H2,1-2H3,(H2,25,27,28);1H. The van der Waals surface area contributed by atoms with E-state index in [-0.39, 0.29) is 29.9 Å². The number of carbonyl (C=O) groups is 1. The van der Waals surface area contributed by atoms with E-state index in [4.69, 9.17) is 4.74 Å². The molecule has 1 aromatic carbocycles. The summed E-state index contributed by atoms with van der Waals surface area (Å²) >= 11 is 0. The monoisotopic (exact) mass is 566 g/mol. The Hall–Kier alpha value is -2.56. The molecule has 1 amide bonds. The number of anilines is 1. The number of amides is 1. The maximum atomic E-state index is 12.6.